The first-order valence-electron chi connectivity index (χ1n) is 6.51. The Kier molecular flexibility index (Phi) is 4.12. The molecule has 1 atom stereocenters. The quantitative estimate of drug-likeness (QED) is 0.866. The van der Waals surface area contributed by atoms with Crippen LogP contribution in [-0.2, 0) is 0 Å². The Morgan fingerprint density at radius 3 is 2.82 bits per heavy atom. The summed E-state index contributed by atoms with van der Waals surface area (Å²) in [6.07, 6.45) is 6.54. The van der Waals surface area contributed by atoms with Crippen LogP contribution in [0.25, 0.3) is 0 Å². The molecule has 1 aromatic rings. The Hall–Kier alpha value is -1.39. The summed E-state index contributed by atoms with van der Waals surface area (Å²) in [5.41, 5.74) is 0. The Morgan fingerprint density at radius 2 is 2.12 bits per heavy atom. The lowest BCUT2D eigenvalue weighted by Crippen LogP contribution is -2.31. The highest BCUT2D eigenvalue weighted by Crippen LogP contribution is 2.16. The molecule has 1 aliphatic heterocycles. The maximum absolute atomic E-state index is 4.53. The summed E-state index contributed by atoms with van der Waals surface area (Å²) < 4.78 is 0. The molecular formula is C12H21N5. The van der Waals surface area contributed by atoms with E-state index < -0.39 is 0 Å². The summed E-state index contributed by atoms with van der Waals surface area (Å²) in [6.45, 7) is 6.39. The molecule has 0 amide bonds. The molecule has 0 aliphatic carbocycles. The molecule has 0 saturated carbocycles. The number of nitrogens with one attached hydrogen (secondary N) is 1. The predicted molar refractivity (Wildman–Crippen MR) is 69.3 cm³/mol. The minimum Gasteiger partial charge on any atom is -0.366 e. The molecule has 1 saturated heterocycles. The lowest BCUT2D eigenvalue weighted by Gasteiger charge is -2.26. The summed E-state index contributed by atoms with van der Waals surface area (Å²) in [6, 6.07) is 0.418. The third-order valence-electron chi connectivity index (χ3n) is 3.19. The van der Waals surface area contributed by atoms with Crippen molar-refractivity contribution in [1.82, 2.24) is 15.2 Å². The Bertz CT molecular complexity index is 349. The standard InChI is InChI=1S/C12H21N5/c1-3-10(2)14-11-9-13-16-12(15-11)17-7-5-4-6-8-17/h9-10H,3-8H2,1-2H3,(H,14,15,16). The largest absolute Gasteiger partial charge is 0.366 e. The number of anilines is 2. The van der Waals surface area contributed by atoms with Gasteiger partial charge in [-0.2, -0.15) is 10.1 Å². The zero-order valence-corrected chi connectivity index (χ0v) is 10.7. The van der Waals surface area contributed by atoms with Gasteiger partial charge in [0.15, 0.2) is 5.82 Å². The van der Waals surface area contributed by atoms with E-state index in [4.69, 9.17) is 0 Å². The van der Waals surface area contributed by atoms with Crippen molar-refractivity contribution >= 4 is 11.8 Å². The van der Waals surface area contributed by atoms with Gasteiger partial charge in [-0.05, 0) is 32.6 Å². The zero-order valence-electron chi connectivity index (χ0n) is 10.7. The van der Waals surface area contributed by atoms with Crippen LogP contribution in [0.1, 0.15) is 39.5 Å². The molecule has 0 spiro atoms. The van der Waals surface area contributed by atoms with Crippen LogP contribution in [0.3, 0.4) is 0 Å². The van der Waals surface area contributed by atoms with Gasteiger partial charge in [0.25, 0.3) is 0 Å². The van der Waals surface area contributed by atoms with Gasteiger partial charge in [0, 0.05) is 19.1 Å². The number of hydrogen-bond acceptors (Lipinski definition) is 5. The fraction of sp³-hybridized carbons (Fsp3) is 0.750. The van der Waals surface area contributed by atoms with E-state index in [0.717, 1.165) is 31.3 Å². The van der Waals surface area contributed by atoms with Crippen molar-refractivity contribution in [3.63, 3.8) is 0 Å². The second-order valence-corrected chi connectivity index (χ2v) is 4.64. The van der Waals surface area contributed by atoms with Crippen molar-refractivity contribution in [1.29, 1.82) is 0 Å². The molecule has 1 aromatic heterocycles. The molecule has 0 bridgehead atoms. The van der Waals surface area contributed by atoms with Crippen LogP contribution in [0.15, 0.2) is 6.20 Å². The monoisotopic (exact) mass is 235 g/mol. The van der Waals surface area contributed by atoms with Gasteiger partial charge in [-0.15, -0.1) is 5.10 Å². The molecular weight excluding hydrogens is 214 g/mol. The third-order valence-corrected chi connectivity index (χ3v) is 3.19. The first-order valence-corrected chi connectivity index (χ1v) is 6.51. The summed E-state index contributed by atoms with van der Waals surface area (Å²) in [5.74, 6) is 1.59. The molecule has 94 valence electrons. The molecule has 5 heteroatoms. The van der Waals surface area contributed by atoms with Crippen molar-refractivity contribution in [3.05, 3.63) is 6.20 Å². The van der Waals surface area contributed by atoms with Crippen molar-refractivity contribution < 1.29 is 0 Å². The normalized spacial score (nSPS) is 17.9. The van der Waals surface area contributed by atoms with E-state index in [9.17, 15) is 0 Å². The van der Waals surface area contributed by atoms with E-state index in [2.05, 4.69) is 39.2 Å². The predicted octanol–water partition coefficient (Wildman–Crippen LogP) is 2.07. The van der Waals surface area contributed by atoms with Crippen molar-refractivity contribution in [2.24, 2.45) is 0 Å². The maximum Gasteiger partial charge on any atom is 0.247 e. The highest BCUT2D eigenvalue weighted by atomic mass is 15.3. The van der Waals surface area contributed by atoms with Crippen LogP contribution in [-0.4, -0.2) is 34.3 Å². The lowest BCUT2D eigenvalue weighted by atomic mass is 10.1. The van der Waals surface area contributed by atoms with Crippen molar-refractivity contribution in [2.45, 2.75) is 45.6 Å². The van der Waals surface area contributed by atoms with Gasteiger partial charge < -0.3 is 10.2 Å². The van der Waals surface area contributed by atoms with Crippen LogP contribution in [0.2, 0.25) is 0 Å². The first-order chi connectivity index (χ1) is 8.29. The van der Waals surface area contributed by atoms with Crippen LogP contribution in [0.4, 0.5) is 11.8 Å². The van der Waals surface area contributed by atoms with Gasteiger partial charge in [-0.25, -0.2) is 0 Å². The third kappa shape index (κ3) is 3.28. The molecule has 1 fully saturated rings. The number of rotatable bonds is 4. The zero-order chi connectivity index (χ0) is 12.1. The molecule has 1 unspecified atom stereocenters. The lowest BCUT2D eigenvalue weighted by molar-refractivity contribution is 0.565. The van der Waals surface area contributed by atoms with E-state index in [0.29, 0.717) is 6.04 Å². The SMILES string of the molecule is CCC(C)Nc1cnnc(N2CCCCC2)n1. The van der Waals surface area contributed by atoms with Gasteiger partial charge in [0.05, 0.1) is 6.20 Å². The molecule has 5 nitrogen and oxygen atoms in total. The number of nitrogens with zero attached hydrogens (tertiary/aromatic N) is 4. The fourth-order valence-corrected chi connectivity index (χ4v) is 1.95. The van der Waals surface area contributed by atoms with Crippen LogP contribution in [0.5, 0.6) is 0 Å². The Balaban J connectivity index is 2.05. The molecule has 2 rings (SSSR count). The molecule has 2 heterocycles. The minimum atomic E-state index is 0.418. The van der Waals surface area contributed by atoms with Gasteiger partial charge in [-0.3, -0.25) is 0 Å². The summed E-state index contributed by atoms with van der Waals surface area (Å²) in [7, 11) is 0. The minimum absolute atomic E-state index is 0.418. The smallest absolute Gasteiger partial charge is 0.247 e. The average Bonchev–Trinajstić information content (AvgIpc) is 2.40. The second-order valence-electron chi connectivity index (χ2n) is 4.64. The average molecular weight is 235 g/mol. The summed E-state index contributed by atoms with van der Waals surface area (Å²) >= 11 is 0. The second kappa shape index (κ2) is 5.80. The summed E-state index contributed by atoms with van der Waals surface area (Å²) in [4.78, 5) is 6.75. The van der Waals surface area contributed by atoms with E-state index in [-0.39, 0.29) is 0 Å². The summed E-state index contributed by atoms with van der Waals surface area (Å²) in [5, 5.41) is 11.5. The molecule has 17 heavy (non-hydrogen) atoms. The highest BCUT2D eigenvalue weighted by Gasteiger charge is 2.14. The van der Waals surface area contributed by atoms with Crippen molar-refractivity contribution in [2.75, 3.05) is 23.3 Å². The Labute approximate surface area is 103 Å². The molecule has 1 aliphatic rings. The van der Waals surface area contributed by atoms with E-state index in [1.807, 2.05) is 0 Å². The van der Waals surface area contributed by atoms with Gasteiger partial charge in [-0.1, -0.05) is 6.92 Å². The van der Waals surface area contributed by atoms with E-state index in [1.165, 1.54) is 19.3 Å². The van der Waals surface area contributed by atoms with Gasteiger partial charge >= 0.3 is 0 Å². The molecule has 1 N–H and O–H groups in total. The molecule has 0 aromatic carbocycles. The van der Waals surface area contributed by atoms with Gasteiger partial charge in [0.2, 0.25) is 5.95 Å². The fourth-order valence-electron chi connectivity index (χ4n) is 1.95. The van der Waals surface area contributed by atoms with E-state index >= 15 is 0 Å². The van der Waals surface area contributed by atoms with E-state index in [1.54, 1.807) is 6.20 Å². The topological polar surface area (TPSA) is 53.9 Å². The number of aromatic nitrogens is 3. The molecule has 0 radical (unpaired) electrons. The highest BCUT2D eigenvalue weighted by molar-refractivity contribution is 5.39. The van der Waals surface area contributed by atoms with Crippen LogP contribution < -0.4 is 10.2 Å². The van der Waals surface area contributed by atoms with Crippen LogP contribution in [0, 0.1) is 0 Å². The number of piperidine rings is 1. The maximum atomic E-state index is 4.53. The van der Waals surface area contributed by atoms with Gasteiger partial charge in [0.1, 0.15) is 0 Å². The Morgan fingerprint density at radius 1 is 1.35 bits per heavy atom. The number of hydrogen-bond donors (Lipinski definition) is 1. The van der Waals surface area contributed by atoms with Crippen LogP contribution >= 0.6 is 0 Å². The first kappa shape index (κ1) is 12.1. The van der Waals surface area contributed by atoms with Crippen molar-refractivity contribution in [3.8, 4) is 0 Å².